The van der Waals surface area contributed by atoms with E-state index in [1.165, 1.54) is 6.20 Å². The van der Waals surface area contributed by atoms with Gasteiger partial charge in [0.25, 0.3) is 0 Å². The fourth-order valence-corrected chi connectivity index (χ4v) is 1.88. The van der Waals surface area contributed by atoms with E-state index in [0.29, 0.717) is 29.3 Å². The fourth-order valence-electron chi connectivity index (χ4n) is 1.88. The maximum absolute atomic E-state index is 11.5. The van der Waals surface area contributed by atoms with Gasteiger partial charge >= 0.3 is 5.97 Å². The highest BCUT2D eigenvalue weighted by Gasteiger charge is 2.10. The molecule has 0 saturated heterocycles. The predicted octanol–water partition coefficient (Wildman–Crippen LogP) is 2.65. The molecule has 1 aromatic carbocycles. The van der Waals surface area contributed by atoms with Crippen molar-refractivity contribution in [1.29, 1.82) is 0 Å². The number of carboxylic acid groups (broad SMARTS) is 1. The zero-order chi connectivity index (χ0) is 16.1. The molecule has 0 fully saturated rings. The maximum Gasteiger partial charge on any atom is 0.339 e. The Bertz CT molecular complexity index is 696. The van der Waals surface area contributed by atoms with Crippen molar-refractivity contribution in [2.24, 2.45) is 0 Å². The van der Waals surface area contributed by atoms with E-state index in [0.717, 1.165) is 0 Å². The smallest absolute Gasteiger partial charge is 0.339 e. The maximum atomic E-state index is 11.5. The third-order valence-corrected chi connectivity index (χ3v) is 3.12. The van der Waals surface area contributed by atoms with E-state index in [1.54, 1.807) is 31.2 Å². The van der Waals surface area contributed by atoms with Crippen molar-refractivity contribution in [3.8, 4) is 5.75 Å². The Hall–Kier alpha value is -2.76. The van der Waals surface area contributed by atoms with Crippen LogP contribution in [0.1, 0.15) is 45.6 Å². The van der Waals surface area contributed by atoms with Crippen molar-refractivity contribution >= 4 is 11.8 Å². The van der Waals surface area contributed by atoms with Crippen molar-refractivity contribution < 1.29 is 19.4 Å². The van der Waals surface area contributed by atoms with Crippen LogP contribution < -0.4 is 4.74 Å². The predicted molar refractivity (Wildman–Crippen MR) is 79.1 cm³/mol. The second-order valence-electron chi connectivity index (χ2n) is 4.68. The molecule has 1 N–H and O–H groups in total. The molecule has 0 atom stereocenters. The number of aromatic carboxylic acids is 1. The van der Waals surface area contributed by atoms with Crippen LogP contribution >= 0.6 is 0 Å². The van der Waals surface area contributed by atoms with E-state index < -0.39 is 5.97 Å². The minimum atomic E-state index is -1.05. The monoisotopic (exact) mass is 300 g/mol. The minimum Gasteiger partial charge on any atom is -0.486 e. The van der Waals surface area contributed by atoms with E-state index in [1.807, 2.05) is 6.92 Å². The van der Waals surface area contributed by atoms with Gasteiger partial charge in [-0.15, -0.1) is 0 Å². The van der Waals surface area contributed by atoms with Gasteiger partial charge < -0.3 is 9.84 Å². The number of nitrogens with zero attached hydrogens (tertiary/aromatic N) is 2. The van der Waals surface area contributed by atoms with Crippen molar-refractivity contribution in [2.75, 3.05) is 0 Å². The van der Waals surface area contributed by atoms with Gasteiger partial charge in [-0.3, -0.25) is 4.79 Å². The summed E-state index contributed by atoms with van der Waals surface area (Å²) in [5.41, 5.74) is 1.11. The Morgan fingerprint density at radius 3 is 2.45 bits per heavy atom. The normalized spacial score (nSPS) is 10.3. The van der Waals surface area contributed by atoms with Crippen molar-refractivity contribution in [3.63, 3.8) is 0 Å². The van der Waals surface area contributed by atoms with Gasteiger partial charge in [-0.2, -0.15) is 0 Å². The summed E-state index contributed by atoms with van der Waals surface area (Å²) in [6.45, 7) is 3.55. The van der Waals surface area contributed by atoms with Crippen LogP contribution in [0.2, 0.25) is 0 Å². The summed E-state index contributed by atoms with van der Waals surface area (Å²) in [4.78, 5) is 30.5. The Balaban J connectivity index is 2.02. The quantitative estimate of drug-likeness (QED) is 0.825. The molecule has 0 saturated carbocycles. The molecule has 0 aliphatic rings. The second kappa shape index (κ2) is 6.80. The lowest BCUT2D eigenvalue weighted by molar-refractivity contribution is 0.0694. The van der Waals surface area contributed by atoms with Gasteiger partial charge in [-0.25, -0.2) is 14.8 Å². The first-order chi connectivity index (χ1) is 10.5. The second-order valence-corrected chi connectivity index (χ2v) is 4.68. The van der Waals surface area contributed by atoms with Gasteiger partial charge in [-0.1, -0.05) is 6.92 Å². The van der Waals surface area contributed by atoms with Crippen LogP contribution in [0.25, 0.3) is 0 Å². The number of Topliss-reactive ketones (excluding diaryl/α,β-unsaturated/α-hetero) is 1. The molecular formula is C16H16N2O4. The highest BCUT2D eigenvalue weighted by molar-refractivity contribution is 5.95. The highest BCUT2D eigenvalue weighted by atomic mass is 16.5. The topological polar surface area (TPSA) is 89.4 Å². The third kappa shape index (κ3) is 3.66. The van der Waals surface area contributed by atoms with Gasteiger partial charge in [0.05, 0.1) is 11.3 Å². The number of hydrogen-bond acceptors (Lipinski definition) is 5. The molecule has 6 heteroatoms. The van der Waals surface area contributed by atoms with Crippen molar-refractivity contribution in [1.82, 2.24) is 9.97 Å². The van der Waals surface area contributed by atoms with Crippen LogP contribution in [-0.4, -0.2) is 26.8 Å². The van der Waals surface area contributed by atoms with E-state index >= 15 is 0 Å². The average molecular weight is 300 g/mol. The number of carbonyl (C=O) groups is 2. The van der Waals surface area contributed by atoms with Crippen molar-refractivity contribution in [2.45, 2.75) is 26.9 Å². The van der Waals surface area contributed by atoms with Gasteiger partial charge in [0.2, 0.25) is 0 Å². The number of ether oxygens (including phenoxy) is 1. The van der Waals surface area contributed by atoms with Gasteiger partial charge in [0.15, 0.2) is 11.6 Å². The number of ketones is 1. The fraction of sp³-hybridized carbons (Fsp3) is 0.250. The van der Waals surface area contributed by atoms with E-state index in [2.05, 4.69) is 9.97 Å². The van der Waals surface area contributed by atoms with E-state index in [4.69, 9.17) is 9.84 Å². The van der Waals surface area contributed by atoms with Crippen LogP contribution in [0.4, 0.5) is 0 Å². The van der Waals surface area contributed by atoms with Crippen LogP contribution in [0.15, 0.2) is 30.5 Å². The highest BCUT2D eigenvalue weighted by Crippen LogP contribution is 2.15. The third-order valence-electron chi connectivity index (χ3n) is 3.12. The lowest BCUT2D eigenvalue weighted by atomic mass is 10.1. The first-order valence-corrected chi connectivity index (χ1v) is 6.83. The summed E-state index contributed by atoms with van der Waals surface area (Å²) in [6.07, 6.45) is 1.73. The van der Waals surface area contributed by atoms with Gasteiger partial charge in [0.1, 0.15) is 12.4 Å². The number of carboxylic acids is 1. The van der Waals surface area contributed by atoms with Crippen LogP contribution in [0, 0.1) is 6.92 Å². The van der Waals surface area contributed by atoms with Crippen LogP contribution in [0.5, 0.6) is 5.75 Å². The molecule has 114 valence electrons. The molecule has 22 heavy (non-hydrogen) atoms. The summed E-state index contributed by atoms with van der Waals surface area (Å²) >= 11 is 0. The molecule has 0 aliphatic carbocycles. The zero-order valence-electron chi connectivity index (χ0n) is 12.4. The number of carbonyl (C=O) groups excluding carboxylic acids is 1. The number of aryl methyl sites for hydroxylation is 1. The Labute approximate surface area is 127 Å². The molecule has 2 rings (SSSR count). The summed E-state index contributed by atoms with van der Waals surface area (Å²) < 4.78 is 5.53. The Morgan fingerprint density at radius 1 is 1.23 bits per heavy atom. The van der Waals surface area contributed by atoms with Crippen LogP contribution in [-0.2, 0) is 6.61 Å². The van der Waals surface area contributed by atoms with E-state index in [9.17, 15) is 9.59 Å². The number of aromatic nitrogens is 2. The molecule has 1 aromatic heterocycles. The molecule has 1 heterocycles. The molecule has 0 bridgehead atoms. The number of hydrogen-bond donors (Lipinski definition) is 1. The molecule has 0 amide bonds. The number of rotatable bonds is 6. The molecule has 0 aliphatic heterocycles. The summed E-state index contributed by atoms with van der Waals surface area (Å²) in [7, 11) is 0. The first-order valence-electron chi connectivity index (χ1n) is 6.83. The molecular weight excluding hydrogens is 284 g/mol. The largest absolute Gasteiger partial charge is 0.486 e. The molecule has 0 unspecified atom stereocenters. The minimum absolute atomic E-state index is 0.0752. The summed E-state index contributed by atoms with van der Waals surface area (Å²) in [5, 5.41) is 8.92. The van der Waals surface area contributed by atoms with Gasteiger partial charge in [0, 0.05) is 18.2 Å². The first kappa shape index (κ1) is 15.6. The average Bonchev–Trinajstić information content (AvgIpc) is 2.52. The lowest BCUT2D eigenvalue weighted by Gasteiger charge is -2.07. The SMILES string of the molecule is CCC(=O)c1ccc(OCc2ncc(C(=O)O)c(C)n2)cc1. The zero-order valence-corrected chi connectivity index (χ0v) is 12.4. The lowest BCUT2D eigenvalue weighted by Crippen LogP contribution is -2.08. The standard InChI is InChI=1S/C16H16N2O4/c1-3-14(19)11-4-6-12(7-5-11)22-9-15-17-8-13(16(20)21)10(2)18-15/h4-8H,3,9H2,1-2H3,(H,20,21). The van der Waals surface area contributed by atoms with Crippen LogP contribution in [0.3, 0.4) is 0 Å². The summed E-state index contributed by atoms with van der Waals surface area (Å²) in [5.74, 6) is 0.0170. The Kier molecular flexibility index (Phi) is 4.83. The number of benzene rings is 1. The molecule has 0 spiro atoms. The molecule has 0 radical (unpaired) electrons. The summed E-state index contributed by atoms with van der Waals surface area (Å²) in [6, 6.07) is 6.84. The van der Waals surface area contributed by atoms with Gasteiger partial charge in [-0.05, 0) is 31.2 Å². The molecule has 2 aromatic rings. The molecule has 6 nitrogen and oxygen atoms in total. The van der Waals surface area contributed by atoms with E-state index in [-0.39, 0.29) is 18.0 Å². The van der Waals surface area contributed by atoms with Crippen molar-refractivity contribution in [3.05, 3.63) is 53.1 Å². The Morgan fingerprint density at radius 2 is 1.91 bits per heavy atom.